The van der Waals surface area contributed by atoms with Crippen LogP contribution in [0.15, 0.2) is 36.4 Å². The molecule has 0 aliphatic rings. The Morgan fingerprint density at radius 3 is 2.38 bits per heavy atom. The highest BCUT2D eigenvalue weighted by molar-refractivity contribution is 6.34. The van der Waals surface area contributed by atoms with Gasteiger partial charge in [0.1, 0.15) is 5.75 Å². The van der Waals surface area contributed by atoms with Gasteiger partial charge in [0.15, 0.2) is 11.6 Å². The van der Waals surface area contributed by atoms with Crippen LogP contribution in [0.3, 0.4) is 0 Å². The molecule has 0 aliphatic heterocycles. The highest BCUT2D eigenvalue weighted by Gasteiger charge is 2.09. The number of rotatable bonds is 5. The largest absolute Gasteiger partial charge is 0.454 e. The molecule has 0 bridgehead atoms. The predicted molar refractivity (Wildman–Crippen MR) is 84.9 cm³/mol. The Balaban J connectivity index is 2.17. The quantitative estimate of drug-likeness (QED) is 0.818. The first-order valence-electron chi connectivity index (χ1n) is 6.66. The van der Waals surface area contributed by atoms with Gasteiger partial charge in [-0.2, -0.15) is 0 Å². The van der Waals surface area contributed by atoms with Crippen molar-refractivity contribution in [1.82, 2.24) is 0 Å². The summed E-state index contributed by atoms with van der Waals surface area (Å²) in [6.07, 6.45) is 1.48. The van der Waals surface area contributed by atoms with Crippen molar-refractivity contribution in [1.29, 1.82) is 0 Å². The van der Waals surface area contributed by atoms with Crippen molar-refractivity contribution < 1.29 is 9.13 Å². The van der Waals surface area contributed by atoms with Gasteiger partial charge in [-0.1, -0.05) is 36.2 Å². The molecule has 1 unspecified atom stereocenters. The highest BCUT2D eigenvalue weighted by Crippen LogP contribution is 2.30. The van der Waals surface area contributed by atoms with Gasteiger partial charge in [0, 0.05) is 16.1 Å². The van der Waals surface area contributed by atoms with E-state index in [1.807, 2.05) is 6.92 Å². The maximum absolute atomic E-state index is 14.1. The molecule has 2 aromatic carbocycles. The Morgan fingerprint density at radius 1 is 1.14 bits per heavy atom. The first-order valence-corrected chi connectivity index (χ1v) is 7.41. The van der Waals surface area contributed by atoms with Crippen LogP contribution in [0, 0.1) is 5.82 Å². The Labute approximate surface area is 133 Å². The molecule has 2 nitrogen and oxygen atoms in total. The van der Waals surface area contributed by atoms with E-state index in [1.54, 1.807) is 30.3 Å². The second-order valence-corrected chi connectivity index (χ2v) is 5.72. The van der Waals surface area contributed by atoms with Crippen molar-refractivity contribution >= 4 is 23.2 Å². The maximum atomic E-state index is 14.1. The molecule has 21 heavy (non-hydrogen) atoms. The van der Waals surface area contributed by atoms with Crippen LogP contribution < -0.4 is 10.5 Å². The van der Waals surface area contributed by atoms with Crippen LogP contribution in [0.1, 0.15) is 18.9 Å². The zero-order valence-corrected chi connectivity index (χ0v) is 13.1. The lowest BCUT2D eigenvalue weighted by molar-refractivity contribution is 0.441. The fourth-order valence-electron chi connectivity index (χ4n) is 1.92. The van der Waals surface area contributed by atoms with E-state index < -0.39 is 5.82 Å². The maximum Gasteiger partial charge on any atom is 0.165 e. The predicted octanol–water partition coefficient (Wildman–Crippen LogP) is 5.20. The van der Waals surface area contributed by atoms with E-state index in [4.69, 9.17) is 33.7 Å². The summed E-state index contributed by atoms with van der Waals surface area (Å²) in [4.78, 5) is 0. The molecule has 2 rings (SSSR count). The summed E-state index contributed by atoms with van der Waals surface area (Å²) in [5.74, 6) is 0.0819. The van der Waals surface area contributed by atoms with Crippen LogP contribution in [0.2, 0.25) is 10.0 Å². The van der Waals surface area contributed by atoms with Gasteiger partial charge >= 0.3 is 0 Å². The third kappa shape index (κ3) is 4.60. The van der Waals surface area contributed by atoms with Crippen LogP contribution in [0.5, 0.6) is 11.5 Å². The van der Waals surface area contributed by atoms with E-state index >= 15 is 0 Å². The second kappa shape index (κ2) is 7.12. The third-order valence-corrected chi connectivity index (χ3v) is 3.52. The number of ether oxygens (including phenoxy) is 1. The van der Waals surface area contributed by atoms with Crippen molar-refractivity contribution in [3.63, 3.8) is 0 Å². The van der Waals surface area contributed by atoms with Crippen molar-refractivity contribution in [2.75, 3.05) is 0 Å². The van der Waals surface area contributed by atoms with Gasteiger partial charge < -0.3 is 10.5 Å². The zero-order chi connectivity index (χ0) is 15.4. The number of hydrogen-bond acceptors (Lipinski definition) is 2. The van der Waals surface area contributed by atoms with Gasteiger partial charge in [-0.3, -0.25) is 0 Å². The zero-order valence-electron chi connectivity index (χ0n) is 11.6. The molecule has 0 amide bonds. The van der Waals surface area contributed by atoms with Gasteiger partial charge in [0.25, 0.3) is 0 Å². The summed E-state index contributed by atoms with van der Waals surface area (Å²) in [6.45, 7) is 2.00. The summed E-state index contributed by atoms with van der Waals surface area (Å²) >= 11 is 11.8. The van der Waals surface area contributed by atoms with E-state index in [9.17, 15) is 4.39 Å². The molecule has 112 valence electrons. The minimum Gasteiger partial charge on any atom is -0.454 e. The molecule has 5 heteroatoms. The molecule has 0 radical (unpaired) electrons. The van der Waals surface area contributed by atoms with Crippen molar-refractivity contribution in [3.8, 4) is 11.5 Å². The van der Waals surface area contributed by atoms with Gasteiger partial charge in [-0.15, -0.1) is 0 Å². The SMILES string of the molecule is CCC(N)Cc1ccc(Oc2cc(Cl)cc(Cl)c2)c(F)c1. The standard InChI is InChI=1S/C16H16Cl2FNO/c1-2-13(20)5-10-3-4-16(15(19)6-10)21-14-8-11(17)7-12(18)9-14/h3-4,6-9,13H,2,5,20H2,1H3. The van der Waals surface area contributed by atoms with E-state index in [1.165, 1.54) is 6.07 Å². The Hall–Kier alpha value is -1.29. The minimum atomic E-state index is -0.438. The molecule has 0 saturated heterocycles. The van der Waals surface area contributed by atoms with Crippen molar-refractivity contribution in [3.05, 3.63) is 57.8 Å². The molecular formula is C16H16Cl2FNO. The number of halogens is 3. The fraction of sp³-hybridized carbons (Fsp3) is 0.250. The fourth-order valence-corrected chi connectivity index (χ4v) is 2.42. The van der Waals surface area contributed by atoms with Crippen LogP contribution >= 0.6 is 23.2 Å². The smallest absolute Gasteiger partial charge is 0.165 e. The van der Waals surface area contributed by atoms with E-state index in [0.29, 0.717) is 22.2 Å². The second-order valence-electron chi connectivity index (χ2n) is 4.84. The van der Waals surface area contributed by atoms with Crippen molar-refractivity contribution in [2.45, 2.75) is 25.8 Å². The Kier molecular flexibility index (Phi) is 5.45. The molecule has 2 N–H and O–H groups in total. The Bertz CT molecular complexity index is 613. The molecule has 0 aliphatic carbocycles. The van der Waals surface area contributed by atoms with Crippen molar-refractivity contribution in [2.24, 2.45) is 5.73 Å². The first kappa shape index (κ1) is 16.1. The van der Waals surface area contributed by atoms with Gasteiger partial charge in [0.05, 0.1) is 0 Å². The number of nitrogens with two attached hydrogens (primary N) is 1. The summed E-state index contributed by atoms with van der Waals surface area (Å²) in [7, 11) is 0. The summed E-state index contributed by atoms with van der Waals surface area (Å²) < 4.78 is 19.5. The average Bonchev–Trinajstić information content (AvgIpc) is 2.40. The van der Waals surface area contributed by atoms with Crippen LogP contribution in [-0.4, -0.2) is 6.04 Å². The summed E-state index contributed by atoms with van der Waals surface area (Å²) in [5, 5.41) is 0.867. The highest BCUT2D eigenvalue weighted by atomic mass is 35.5. The summed E-state index contributed by atoms with van der Waals surface area (Å²) in [5.41, 5.74) is 6.71. The molecule has 0 fully saturated rings. The van der Waals surface area contributed by atoms with Crippen LogP contribution in [0.4, 0.5) is 4.39 Å². The molecule has 0 spiro atoms. The van der Waals surface area contributed by atoms with Gasteiger partial charge in [0.2, 0.25) is 0 Å². The molecule has 0 heterocycles. The third-order valence-electron chi connectivity index (χ3n) is 3.08. The number of hydrogen-bond donors (Lipinski definition) is 1. The van der Waals surface area contributed by atoms with Gasteiger partial charge in [-0.25, -0.2) is 4.39 Å². The van der Waals surface area contributed by atoms with E-state index in [-0.39, 0.29) is 11.8 Å². The molecular weight excluding hydrogens is 312 g/mol. The molecule has 0 saturated carbocycles. The van der Waals surface area contributed by atoms with E-state index in [0.717, 1.165) is 12.0 Å². The van der Waals surface area contributed by atoms with Gasteiger partial charge in [-0.05, 0) is 48.7 Å². The minimum absolute atomic E-state index is 0.0305. The average molecular weight is 328 g/mol. The number of benzene rings is 2. The lowest BCUT2D eigenvalue weighted by Gasteiger charge is -2.11. The summed E-state index contributed by atoms with van der Waals surface area (Å²) in [6, 6.07) is 9.60. The topological polar surface area (TPSA) is 35.2 Å². The lowest BCUT2D eigenvalue weighted by atomic mass is 10.0. The molecule has 1 atom stereocenters. The first-order chi connectivity index (χ1) is 9.97. The monoisotopic (exact) mass is 327 g/mol. The van der Waals surface area contributed by atoms with Crippen LogP contribution in [-0.2, 0) is 6.42 Å². The lowest BCUT2D eigenvalue weighted by Crippen LogP contribution is -2.21. The van der Waals surface area contributed by atoms with Crippen LogP contribution in [0.25, 0.3) is 0 Å². The molecule has 0 aromatic heterocycles. The Morgan fingerprint density at radius 2 is 1.81 bits per heavy atom. The molecule has 2 aromatic rings. The van der Waals surface area contributed by atoms with E-state index in [2.05, 4.69) is 0 Å². The normalized spacial score (nSPS) is 12.2.